The molecule has 1 aliphatic rings. The van der Waals surface area contributed by atoms with E-state index in [0.717, 1.165) is 22.6 Å². The van der Waals surface area contributed by atoms with E-state index in [1.165, 1.54) is 12.1 Å². The maximum atomic E-state index is 13.0. The van der Waals surface area contributed by atoms with Crippen LogP contribution in [0.25, 0.3) is 11.3 Å². The van der Waals surface area contributed by atoms with Crippen molar-refractivity contribution in [3.8, 4) is 17.0 Å². The van der Waals surface area contributed by atoms with E-state index in [9.17, 15) is 9.18 Å². The minimum atomic E-state index is -0.262. The molecular formula is C20H19FN4O2. The largest absolute Gasteiger partial charge is 0.497 e. The highest BCUT2D eigenvalue weighted by Gasteiger charge is 2.27. The van der Waals surface area contributed by atoms with Gasteiger partial charge in [0.15, 0.2) is 0 Å². The molecule has 4 rings (SSSR count). The number of carbonyl (C=O) groups is 1. The highest BCUT2D eigenvalue weighted by Crippen LogP contribution is 2.25. The molecule has 0 saturated heterocycles. The zero-order valence-electron chi connectivity index (χ0n) is 14.8. The smallest absolute Gasteiger partial charge is 0.269 e. The molecule has 0 aliphatic carbocycles. The number of fused-ring (bicyclic) bond motifs is 1. The van der Waals surface area contributed by atoms with Gasteiger partial charge in [-0.15, -0.1) is 0 Å². The summed E-state index contributed by atoms with van der Waals surface area (Å²) in [6.45, 7) is 0.967. The van der Waals surface area contributed by atoms with Crippen LogP contribution >= 0.6 is 0 Å². The Morgan fingerprint density at radius 1 is 1.22 bits per heavy atom. The fourth-order valence-electron chi connectivity index (χ4n) is 3.07. The van der Waals surface area contributed by atoms with Crippen LogP contribution in [0.1, 0.15) is 22.2 Å². The SMILES string of the molecule is COc1ccc(-c2cc3n(n2)[C@H](NCc2ccc(F)cc2)CNC3=O)cc1. The van der Waals surface area contributed by atoms with Crippen LogP contribution in [0.15, 0.2) is 54.6 Å². The zero-order chi connectivity index (χ0) is 18.8. The molecule has 0 radical (unpaired) electrons. The Bertz CT molecular complexity index is 951. The Kier molecular flexibility index (Phi) is 4.60. The number of carbonyl (C=O) groups excluding carboxylic acids is 1. The molecule has 1 aliphatic heterocycles. The molecule has 1 aromatic heterocycles. The lowest BCUT2D eigenvalue weighted by Gasteiger charge is -2.25. The van der Waals surface area contributed by atoms with Gasteiger partial charge in [0.05, 0.1) is 19.3 Å². The topological polar surface area (TPSA) is 68.2 Å². The molecule has 1 amide bonds. The summed E-state index contributed by atoms with van der Waals surface area (Å²) >= 11 is 0. The fraction of sp³-hybridized carbons (Fsp3) is 0.200. The van der Waals surface area contributed by atoms with Crippen LogP contribution in [-0.2, 0) is 6.54 Å². The van der Waals surface area contributed by atoms with E-state index in [1.54, 1.807) is 30.0 Å². The van der Waals surface area contributed by atoms with Crippen LogP contribution in [0, 0.1) is 5.82 Å². The molecular weight excluding hydrogens is 347 g/mol. The van der Waals surface area contributed by atoms with Crippen LogP contribution < -0.4 is 15.4 Å². The van der Waals surface area contributed by atoms with Crippen molar-refractivity contribution in [2.75, 3.05) is 13.7 Å². The van der Waals surface area contributed by atoms with Crippen molar-refractivity contribution < 1.29 is 13.9 Å². The van der Waals surface area contributed by atoms with Gasteiger partial charge in [0.1, 0.15) is 23.4 Å². The van der Waals surface area contributed by atoms with Crippen LogP contribution in [0.2, 0.25) is 0 Å². The Labute approximate surface area is 156 Å². The lowest BCUT2D eigenvalue weighted by Crippen LogP contribution is -2.45. The fourth-order valence-corrected chi connectivity index (χ4v) is 3.07. The van der Waals surface area contributed by atoms with Crippen molar-refractivity contribution in [3.63, 3.8) is 0 Å². The summed E-state index contributed by atoms with van der Waals surface area (Å²) in [6, 6.07) is 15.6. The molecule has 0 unspecified atom stereocenters. The molecule has 3 aromatic rings. The standard InChI is InChI=1S/C20H19FN4O2/c1-27-16-8-4-14(5-9-16)17-10-18-20(26)23-12-19(25(18)24-17)22-11-13-2-6-15(21)7-3-13/h2-10,19,22H,11-12H2,1H3,(H,23,26)/t19-/m0/s1. The van der Waals surface area contributed by atoms with Crippen LogP contribution in [0.5, 0.6) is 5.75 Å². The normalized spacial score (nSPS) is 15.9. The van der Waals surface area contributed by atoms with Gasteiger partial charge < -0.3 is 10.1 Å². The van der Waals surface area contributed by atoms with E-state index in [4.69, 9.17) is 4.74 Å². The summed E-state index contributed by atoms with van der Waals surface area (Å²) in [5.41, 5.74) is 3.09. The predicted octanol–water partition coefficient (Wildman–Crippen LogP) is 2.73. The number of hydrogen-bond donors (Lipinski definition) is 2. The minimum Gasteiger partial charge on any atom is -0.497 e. The number of nitrogens with zero attached hydrogens (tertiary/aromatic N) is 2. The maximum Gasteiger partial charge on any atom is 0.269 e. The zero-order valence-corrected chi connectivity index (χ0v) is 14.8. The van der Waals surface area contributed by atoms with Crippen molar-refractivity contribution in [3.05, 3.63) is 71.7 Å². The molecule has 27 heavy (non-hydrogen) atoms. The van der Waals surface area contributed by atoms with Gasteiger partial charge in [-0.3, -0.25) is 10.1 Å². The first kappa shape index (κ1) is 17.2. The molecule has 6 nitrogen and oxygen atoms in total. The molecule has 138 valence electrons. The van der Waals surface area contributed by atoms with E-state index in [1.807, 2.05) is 24.3 Å². The average Bonchev–Trinajstić information content (AvgIpc) is 3.15. The highest BCUT2D eigenvalue weighted by molar-refractivity contribution is 5.94. The van der Waals surface area contributed by atoms with Gasteiger partial charge in [0.2, 0.25) is 0 Å². The van der Waals surface area contributed by atoms with E-state index in [2.05, 4.69) is 15.7 Å². The van der Waals surface area contributed by atoms with Crippen LogP contribution in [-0.4, -0.2) is 29.3 Å². The first-order chi connectivity index (χ1) is 13.1. The number of nitrogens with one attached hydrogen (secondary N) is 2. The lowest BCUT2D eigenvalue weighted by atomic mass is 10.1. The quantitative estimate of drug-likeness (QED) is 0.729. The Morgan fingerprint density at radius 2 is 1.96 bits per heavy atom. The van der Waals surface area contributed by atoms with Gasteiger partial charge in [-0.05, 0) is 48.0 Å². The molecule has 2 N–H and O–H groups in total. The first-order valence-corrected chi connectivity index (χ1v) is 8.64. The summed E-state index contributed by atoms with van der Waals surface area (Å²) in [4.78, 5) is 12.2. The van der Waals surface area contributed by atoms with E-state index in [-0.39, 0.29) is 17.9 Å². The number of aromatic nitrogens is 2. The van der Waals surface area contributed by atoms with Gasteiger partial charge in [-0.25, -0.2) is 9.07 Å². The third kappa shape index (κ3) is 3.54. The summed E-state index contributed by atoms with van der Waals surface area (Å²) in [5.74, 6) is 0.351. The molecule has 2 aromatic carbocycles. The number of hydrogen-bond acceptors (Lipinski definition) is 4. The summed E-state index contributed by atoms with van der Waals surface area (Å²) < 4.78 is 19.9. The molecule has 1 atom stereocenters. The number of benzene rings is 2. The molecule has 0 bridgehead atoms. The van der Waals surface area contributed by atoms with Crippen molar-refractivity contribution in [1.82, 2.24) is 20.4 Å². The number of methoxy groups -OCH3 is 1. The lowest BCUT2D eigenvalue weighted by molar-refractivity contribution is 0.0900. The van der Waals surface area contributed by atoms with Crippen LogP contribution in [0.3, 0.4) is 0 Å². The van der Waals surface area contributed by atoms with Crippen molar-refractivity contribution in [1.29, 1.82) is 0 Å². The van der Waals surface area contributed by atoms with E-state index >= 15 is 0 Å². The average molecular weight is 366 g/mol. The molecule has 0 spiro atoms. The monoisotopic (exact) mass is 366 g/mol. The van der Waals surface area contributed by atoms with Crippen LogP contribution in [0.4, 0.5) is 4.39 Å². The molecule has 7 heteroatoms. The third-order valence-corrected chi connectivity index (χ3v) is 4.56. The van der Waals surface area contributed by atoms with Gasteiger partial charge in [0.25, 0.3) is 5.91 Å². The Hall–Kier alpha value is -3.19. The second-order valence-corrected chi connectivity index (χ2v) is 6.32. The Balaban J connectivity index is 1.56. The summed E-state index contributed by atoms with van der Waals surface area (Å²) in [6.07, 6.45) is -0.185. The molecule has 0 fully saturated rings. The van der Waals surface area contributed by atoms with Crippen molar-refractivity contribution in [2.24, 2.45) is 0 Å². The van der Waals surface area contributed by atoms with Crippen molar-refractivity contribution in [2.45, 2.75) is 12.7 Å². The maximum absolute atomic E-state index is 13.0. The van der Waals surface area contributed by atoms with Gasteiger partial charge in [-0.2, -0.15) is 5.10 Å². The number of ether oxygens (including phenoxy) is 1. The molecule has 2 heterocycles. The number of amides is 1. The number of halogens is 1. The second-order valence-electron chi connectivity index (χ2n) is 6.32. The predicted molar refractivity (Wildman–Crippen MR) is 98.8 cm³/mol. The summed E-state index contributed by atoms with van der Waals surface area (Å²) in [7, 11) is 1.62. The minimum absolute atomic E-state index is 0.151. The first-order valence-electron chi connectivity index (χ1n) is 8.64. The van der Waals surface area contributed by atoms with Gasteiger partial charge in [-0.1, -0.05) is 12.1 Å². The van der Waals surface area contributed by atoms with Gasteiger partial charge >= 0.3 is 0 Å². The Morgan fingerprint density at radius 3 is 2.67 bits per heavy atom. The summed E-state index contributed by atoms with van der Waals surface area (Å²) in [5, 5.41) is 10.9. The molecule has 0 saturated carbocycles. The second kappa shape index (κ2) is 7.20. The van der Waals surface area contributed by atoms with Gasteiger partial charge in [0, 0.05) is 12.1 Å². The van der Waals surface area contributed by atoms with Crippen molar-refractivity contribution >= 4 is 5.91 Å². The van der Waals surface area contributed by atoms with E-state index in [0.29, 0.717) is 18.8 Å². The number of rotatable bonds is 5. The highest BCUT2D eigenvalue weighted by atomic mass is 19.1. The van der Waals surface area contributed by atoms with E-state index < -0.39 is 0 Å². The third-order valence-electron chi connectivity index (χ3n) is 4.56.